The summed E-state index contributed by atoms with van der Waals surface area (Å²) in [5.41, 5.74) is 1.55. The third-order valence-corrected chi connectivity index (χ3v) is 5.01. The zero-order valence-corrected chi connectivity index (χ0v) is 12.5. The smallest absolute Gasteiger partial charge is 0.237 e. The van der Waals surface area contributed by atoms with E-state index in [-0.39, 0.29) is 23.7 Å². The molecule has 0 N–H and O–H groups in total. The van der Waals surface area contributed by atoms with Gasteiger partial charge in [-0.2, -0.15) is 0 Å². The van der Waals surface area contributed by atoms with Crippen LogP contribution in [0.5, 0.6) is 0 Å². The van der Waals surface area contributed by atoms with Gasteiger partial charge in [-0.05, 0) is 49.8 Å². The summed E-state index contributed by atoms with van der Waals surface area (Å²) in [6, 6.07) is 5.37. The van der Waals surface area contributed by atoms with Crippen LogP contribution in [0.2, 0.25) is 5.02 Å². The third kappa shape index (κ3) is 2.05. The monoisotopic (exact) mass is 291 g/mol. The Morgan fingerprint density at radius 3 is 2.55 bits per heavy atom. The van der Waals surface area contributed by atoms with Gasteiger partial charge in [0.05, 0.1) is 17.5 Å². The van der Waals surface area contributed by atoms with E-state index in [0.717, 1.165) is 24.8 Å². The summed E-state index contributed by atoms with van der Waals surface area (Å²) in [7, 11) is 0. The molecule has 1 saturated heterocycles. The summed E-state index contributed by atoms with van der Waals surface area (Å²) >= 11 is 6.11. The van der Waals surface area contributed by atoms with Crippen molar-refractivity contribution in [2.45, 2.75) is 33.1 Å². The molecular weight excluding hydrogens is 274 g/mol. The van der Waals surface area contributed by atoms with Gasteiger partial charge in [0.15, 0.2) is 0 Å². The molecule has 0 aromatic heterocycles. The van der Waals surface area contributed by atoms with Crippen LogP contribution >= 0.6 is 11.6 Å². The van der Waals surface area contributed by atoms with Crippen LogP contribution < -0.4 is 4.90 Å². The number of aryl methyl sites for hydroxylation is 1. The highest BCUT2D eigenvalue weighted by atomic mass is 35.5. The largest absolute Gasteiger partial charge is 0.274 e. The summed E-state index contributed by atoms with van der Waals surface area (Å²) in [5.74, 6) is 0.165. The van der Waals surface area contributed by atoms with Crippen LogP contribution in [0, 0.1) is 24.7 Å². The van der Waals surface area contributed by atoms with Gasteiger partial charge in [0.1, 0.15) is 0 Å². The van der Waals surface area contributed by atoms with Crippen LogP contribution in [-0.2, 0) is 9.59 Å². The Hall–Kier alpha value is -1.35. The fraction of sp³-hybridized carbons (Fsp3) is 0.500. The molecule has 2 fully saturated rings. The minimum atomic E-state index is -0.133. The Morgan fingerprint density at radius 2 is 1.85 bits per heavy atom. The molecule has 1 aromatic rings. The van der Waals surface area contributed by atoms with Crippen molar-refractivity contribution in [3.05, 3.63) is 28.8 Å². The van der Waals surface area contributed by atoms with Crippen LogP contribution in [0.1, 0.15) is 31.7 Å². The molecule has 106 valence electrons. The van der Waals surface area contributed by atoms with Gasteiger partial charge >= 0.3 is 0 Å². The predicted octanol–water partition coefficient (Wildman–Crippen LogP) is 3.57. The van der Waals surface area contributed by atoms with Gasteiger partial charge < -0.3 is 0 Å². The number of fused-ring (bicyclic) bond motifs is 1. The zero-order valence-electron chi connectivity index (χ0n) is 11.7. The predicted molar refractivity (Wildman–Crippen MR) is 78.7 cm³/mol. The first-order valence-corrected chi connectivity index (χ1v) is 7.51. The number of carbonyl (C=O) groups excluding carboxylic acids is 2. The number of hydrogen-bond acceptors (Lipinski definition) is 2. The SMILES string of the molecule is Cc1ccc(N2C(=O)[C@H]3C[C@H](C)CC[C@H]3C2=O)cc1Cl. The topological polar surface area (TPSA) is 37.4 Å². The van der Waals surface area contributed by atoms with Crippen LogP contribution in [0.3, 0.4) is 0 Å². The lowest BCUT2D eigenvalue weighted by Gasteiger charge is -2.25. The number of carbonyl (C=O) groups is 2. The van der Waals surface area contributed by atoms with Gasteiger partial charge in [-0.3, -0.25) is 14.5 Å². The molecule has 0 bridgehead atoms. The Balaban J connectivity index is 1.96. The molecule has 0 radical (unpaired) electrons. The van der Waals surface area contributed by atoms with Crippen molar-refractivity contribution in [1.82, 2.24) is 0 Å². The van der Waals surface area contributed by atoms with E-state index in [4.69, 9.17) is 11.6 Å². The van der Waals surface area contributed by atoms with Gasteiger partial charge in [-0.25, -0.2) is 0 Å². The summed E-state index contributed by atoms with van der Waals surface area (Å²) < 4.78 is 0. The van der Waals surface area contributed by atoms with Crippen molar-refractivity contribution >= 4 is 29.1 Å². The van der Waals surface area contributed by atoms with Gasteiger partial charge in [-0.15, -0.1) is 0 Å². The van der Waals surface area contributed by atoms with E-state index in [1.54, 1.807) is 12.1 Å². The fourth-order valence-electron chi connectivity index (χ4n) is 3.36. The molecule has 1 aromatic carbocycles. The van der Waals surface area contributed by atoms with Crippen LogP contribution in [0.25, 0.3) is 0 Å². The Bertz CT molecular complexity index is 584. The van der Waals surface area contributed by atoms with Crippen molar-refractivity contribution in [2.75, 3.05) is 4.90 Å². The van der Waals surface area contributed by atoms with Crippen molar-refractivity contribution in [2.24, 2.45) is 17.8 Å². The first-order valence-electron chi connectivity index (χ1n) is 7.13. The average molecular weight is 292 g/mol. The lowest BCUT2D eigenvalue weighted by molar-refractivity contribution is -0.122. The number of hydrogen-bond donors (Lipinski definition) is 0. The number of halogens is 1. The number of nitrogens with zero attached hydrogens (tertiary/aromatic N) is 1. The van der Waals surface area contributed by atoms with E-state index in [1.807, 2.05) is 13.0 Å². The van der Waals surface area contributed by atoms with Crippen molar-refractivity contribution in [1.29, 1.82) is 0 Å². The highest BCUT2D eigenvalue weighted by molar-refractivity contribution is 6.32. The molecule has 2 aliphatic rings. The quantitative estimate of drug-likeness (QED) is 0.742. The highest BCUT2D eigenvalue weighted by Gasteiger charge is 2.49. The Kier molecular flexibility index (Phi) is 3.33. The zero-order chi connectivity index (χ0) is 14.4. The maximum absolute atomic E-state index is 12.6. The van der Waals surface area contributed by atoms with Crippen molar-refractivity contribution in [3.63, 3.8) is 0 Å². The molecular formula is C16H18ClNO2. The van der Waals surface area contributed by atoms with Crippen molar-refractivity contribution in [3.8, 4) is 0 Å². The second-order valence-electron chi connectivity index (χ2n) is 6.08. The molecule has 0 unspecified atom stereocenters. The minimum Gasteiger partial charge on any atom is -0.274 e. The molecule has 20 heavy (non-hydrogen) atoms. The number of benzene rings is 1. The number of imide groups is 1. The van der Waals surface area contributed by atoms with E-state index in [1.165, 1.54) is 4.90 Å². The molecule has 1 heterocycles. The van der Waals surface area contributed by atoms with Crippen LogP contribution in [0.15, 0.2) is 18.2 Å². The van der Waals surface area contributed by atoms with E-state index in [2.05, 4.69) is 6.92 Å². The molecule has 1 saturated carbocycles. The van der Waals surface area contributed by atoms with Crippen molar-refractivity contribution < 1.29 is 9.59 Å². The summed E-state index contributed by atoms with van der Waals surface area (Å²) in [6.07, 6.45) is 2.68. The lowest BCUT2D eigenvalue weighted by atomic mass is 9.76. The van der Waals surface area contributed by atoms with E-state index in [9.17, 15) is 9.59 Å². The van der Waals surface area contributed by atoms with Gasteiger partial charge in [0, 0.05) is 5.02 Å². The maximum Gasteiger partial charge on any atom is 0.237 e. The van der Waals surface area contributed by atoms with Gasteiger partial charge in [0.25, 0.3) is 0 Å². The molecule has 3 nitrogen and oxygen atoms in total. The first kappa shape index (κ1) is 13.6. The van der Waals surface area contributed by atoms with Crippen LogP contribution in [-0.4, -0.2) is 11.8 Å². The summed E-state index contributed by atoms with van der Waals surface area (Å²) in [6.45, 7) is 4.06. The number of amides is 2. The molecule has 2 amide bonds. The molecule has 4 heteroatoms. The van der Waals surface area contributed by atoms with E-state index in [0.29, 0.717) is 16.6 Å². The summed E-state index contributed by atoms with van der Waals surface area (Å²) in [5, 5.41) is 0.589. The molecule has 1 aliphatic heterocycles. The summed E-state index contributed by atoms with van der Waals surface area (Å²) in [4.78, 5) is 26.4. The van der Waals surface area contributed by atoms with E-state index >= 15 is 0 Å². The van der Waals surface area contributed by atoms with Crippen LogP contribution in [0.4, 0.5) is 5.69 Å². The molecule has 3 atom stereocenters. The Morgan fingerprint density at radius 1 is 1.15 bits per heavy atom. The molecule has 3 rings (SSSR count). The number of rotatable bonds is 1. The number of anilines is 1. The lowest BCUT2D eigenvalue weighted by Crippen LogP contribution is -2.30. The van der Waals surface area contributed by atoms with Gasteiger partial charge in [0.2, 0.25) is 11.8 Å². The second-order valence-corrected chi connectivity index (χ2v) is 6.48. The Labute approximate surface area is 123 Å². The maximum atomic E-state index is 12.6. The fourth-order valence-corrected chi connectivity index (χ4v) is 3.54. The normalized spacial score (nSPS) is 29.8. The van der Waals surface area contributed by atoms with E-state index < -0.39 is 0 Å². The molecule has 1 aliphatic carbocycles. The second kappa shape index (κ2) is 4.88. The molecule has 0 spiro atoms. The first-order chi connectivity index (χ1) is 9.49. The minimum absolute atomic E-state index is 0.0492. The standard InChI is InChI=1S/C16H18ClNO2/c1-9-3-6-12-13(7-9)16(20)18(15(12)19)11-5-4-10(2)14(17)8-11/h4-5,8-9,12-13H,3,6-7H2,1-2H3/t9-,12-,13+/m1/s1. The highest BCUT2D eigenvalue weighted by Crippen LogP contribution is 2.42. The van der Waals surface area contributed by atoms with Gasteiger partial charge in [-0.1, -0.05) is 24.6 Å². The third-order valence-electron chi connectivity index (χ3n) is 4.60. The average Bonchev–Trinajstić information content (AvgIpc) is 2.65.